The van der Waals surface area contributed by atoms with Crippen molar-refractivity contribution in [2.75, 3.05) is 32.6 Å². The predicted octanol–water partition coefficient (Wildman–Crippen LogP) is 4.67. The number of carbonyl (C=O) groups excluding carboxylic acids is 1. The molecule has 7 nitrogen and oxygen atoms in total. The molecule has 2 amide bonds. The molecule has 8 heteroatoms. The quantitative estimate of drug-likeness (QED) is 0.220. The third kappa shape index (κ3) is 6.96. The molecule has 0 saturated heterocycles. The van der Waals surface area contributed by atoms with E-state index in [0.717, 1.165) is 40.0 Å². The number of urea groups is 1. The zero-order valence-electron chi connectivity index (χ0n) is 18.8. The Bertz CT molecular complexity index is 1020. The summed E-state index contributed by atoms with van der Waals surface area (Å²) in [5.74, 6) is 0.772. The van der Waals surface area contributed by atoms with Crippen LogP contribution in [0.4, 0.5) is 10.5 Å². The van der Waals surface area contributed by atoms with Gasteiger partial charge >= 0.3 is 6.03 Å². The topological polar surface area (TPSA) is 71.4 Å². The number of alkyl halides is 1. The zero-order valence-corrected chi connectivity index (χ0v) is 20.9. The summed E-state index contributed by atoms with van der Waals surface area (Å²) in [5, 5.41) is 10.1. The molecule has 0 aliphatic carbocycles. The molecular weight excluding hydrogens is 517 g/mol. The Balaban J connectivity index is 1.66. The minimum absolute atomic E-state index is 0.251. The zero-order chi connectivity index (χ0) is 22.9. The summed E-state index contributed by atoms with van der Waals surface area (Å²) < 4.78 is 8.82. The lowest BCUT2D eigenvalue weighted by atomic mass is 10.1. The molecular formula is C24H30IN5O2. The summed E-state index contributed by atoms with van der Waals surface area (Å²) in [6, 6.07) is 15.6. The molecule has 0 unspecified atom stereocenters. The summed E-state index contributed by atoms with van der Waals surface area (Å²) in [5.41, 5.74) is 4.84. The molecule has 1 heterocycles. The van der Waals surface area contributed by atoms with Crippen molar-refractivity contribution in [2.24, 2.45) is 7.05 Å². The molecule has 3 aromatic rings. The Morgan fingerprint density at radius 1 is 1.12 bits per heavy atom. The smallest absolute Gasteiger partial charge is 0.319 e. The first-order valence-corrected chi connectivity index (χ1v) is 12.1. The van der Waals surface area contributed by atoms with Crippen LogP contribution in [0.25, 0.3) is 11.3 Å². The summed E-state index contributed by atoms with van der Waals surface area (Å²) in [7, 11) is 5.99. The van der Waals surface area contributed by atoms with Gasteiger partial charge in [0.25, 0.3) is 0 Å². The number of nitrogens with one attached hydrogen (secondary N) is 2. The number of halogens is 1. The van der Waals surface area contributed by atoms with Crippen molar-refractivity contribution in [3.8, 4) is 17.0 Å². The van der Waals surface area contributed by atoms with Gasteiger partial charge in [0, 0.05) is 42.0 Å². The minimum Gasteiger partial charge on any atom is -0.493 e. The highest BCUT2D eigenvalue weighted by Crippen LogP contribution is 2.32. The lowest BCUT2D eigenvalue weighted by Gasteiger charge is -2.15. The fourth-order valence-electron chi connectivity index (χ4n) is 3.24. The molecule has 0 aliphatic rings. The van der Waals surface area contributed by atoms with Crippen molar-refractivity contribution in [1.29, 1.82) is 0 Å². The van der Waals surface area contributed by atoms with Crippen molar-refractivity contribution in [2.45, 2.75) is 17.4 Å². The van der Waals surface area contributed by atoms with Crippen molar-refractivity contribution < 1.29 is 9.53 Å². The van der Waals surface area contributed by atoms with Crippen LogP contribution in [0.5, 0.6) is 5.75 Å². The molecule has 2 aromatic carbocycles. The maximum absolute atomic E-state index is 12.5. The normalized spacial score (nSPS) is 10.9. The molecule has 170 valence electrons. The highest BCUT2D eigenvalue weighted by Gasteiger charge is 2.13. The number of anilines is 1. The van der Waals surface area contributed by atoms with Gasteiger partial charge in [-0.1, -0.05) is 46.9 Å². The van der Waals surface area contributed by atoms with Gasteiger partial charge in [0.2, 0.25) is 0 Å². The number of carbonyl (C=O) groups is 1. The molecule has 0 fully saturated rings. The number of benzene rings is 2. The van der Waals surface area contributed by atoms with Crippen LogP contribution in [0.15, 0.2) is 54.7 Å². The molecule has 0 aliphatic heterocycles. The van der Waals surface area contributed by atoms with Gasteiger partial charge in [-0.2, -0.15) is 5.10 Å². The van der Waals surface area contributed by atoms with E-state index in [4.69, 9.17) is 4.74 Å². The van der Waals surface area contributed by atoms with Crippen molar-refractivity contribution in [1.82, 2.24) is 20.0 Å². The van der Waals surface area contributed by atoms with Gasteiger partial charge in [-0.05, 0) is 55.9 Å². The van der Waals surface area contributed by atoms with Crippen molar-refractivity contribution in [3.05, 3.63) is 65.9 Å². The standard InChI is InChI=1S/C24H30IN5O2/c1-29(2)13-4-14-32-23-10-9-20(15-21(23)22-11-12-27-30(22)3)28-24(31)26-17-19-7-5-18(16-25)6-8-19/h5-12,15H,4,13-14,16-17H2,1-3H3,(H2,26,28,31). The average molecular weight is 547 g/mol. The third-order valence-electron chi connectivity index (χ3n) is 4.97. The second-order valence-corrected chi connectivity index (χ2v) is 8.58. The van der Waals surface area contributed by atoms with E-state index in [-0.39, 0.29) is 6.03 Å². The van der Waals surface area contributed by atoms with Crippen molar-refractivity contribution in [3.63, 3.8) is 0 Å². The van der Waals surface area contributed by atoms with E-state index >= 15 is 0 Å². The number of rotatable bonds is 10. The number of hydrogen-bond donors (Lipinski definition) is 2. The van der Waals surface area contributed by atoms with E-state index < -0.39 is 0 Å². The van der Waals surface area contributed by atoms with Gasteiger partial charge in [-0.15, -0.1) is 0 Å². The second kappa shape index (κ2) is 11.9. The van der Waals surface area contributed by atoms with Gasteiger partial charge in [-0.25, -0.2) is 4.79 Å². The van der Waals surface area contributed by atoms with Gasteiger partial charge in [0.1, 0.15) is 5.75 Å². The predicted molar refractivity (Wildman–Crippen MR) is 137 cm³/mol. The van der Waals surface area contributed by atoms with E-state index in [0.29, 0.717) is 18.8 Å². The van der Waals surface area contributed by atoms with Gasteiger partial charge in [0.15, 0.2) is 0 Å². The molecule has 0 spiro atoms. The molecule has 0 radical (unpaired) electrons. The number of amides is 2. The fraction of sp³-hybridized carbons (Fsp3) is 0.333. The number of ether oxygens (including phenoxy) is 1. The first kappa shape index (κ1) is 24.1. The Morgan fingerprint density at radius 3 is 2.53 bits per heavy atom. The molecule has 2 N–H and O–H groups in total. The van der Waals surface area contributed by atoms with Gasteiger partial charge in [-0.3, -0.25) is 4.68 Å². The van der Waals surface area contributed by atoms with Crippen LogP contribution >= 0.6 is 22.6 Å². The van der Waals surface area contributed by atoms with Gasteiger partial charge < -0.3 is 20.3 Å². The Morgan fingerprint density at radius 2 is 1.88 bits per heavy atom. The number of aromatic nitrogens is 2. The first-order valence-electron chi connectivity index (χ1n) is 10.5. The maximum atomic E-state index is 12.5. The number of nitrogens with zero attached hydrogens (tertiary/aromatic N) is 3. The minimum atomic E-state index is -0.251. The Labute approximate surface area is 203 Å². The average Bonchev–Trinajstić information content (AvgIpc) is 3.21. The van der Waals surface area contributed by atoms with Crippen LogP contribution in [0, 0.1) is 0 Å². The Hall–Kier alpha value is -2.59. The first-order chi connectivity index (χ1) is 15.5. The lowest BCUT2D eigenvalue weighted by molar-refractivity contribution is 0.251. The number of aryl methyl sites for hydroxylation is 1. The van der Waals surface area contributed by atoms with Crippen LogP contribution in [-0.4, -0.2) is 48.0 Å². The molecule has 1 aromatic heterocycles. The summed E-state index contributed by atoms with van der Waals surface area (Å²) >= 11 is 2.34. The maximum Gasteiger partial charge on any atom is 0.319 e. The van der Waals surface area contributed by atoms with E-state index in [2.05, 4.69) is 55.4 Å². The molecule has 32 heavy (non-hydrogen) atoms. The highest BCUT2D eigenvalue weighted by molar-refractivity contribution is 14.1. The van der Waals surface area contributed by atoms with Crippen molar-refractivity contribution >= 4 is 34.3 Å². The Kier molecular flexibility index (Phi) is 8.92. The largest absolute Gasteiger partial charge is 0.493 e. The third-order valence-corrected chi connectivity index (χ3v) is 5.85. The van der Waals surface area contributed by atoms with Crippen LogP contribution in [0.3, 0.4) is 0 Å². The SMILES string of the molecule is CN(C)CCCOc1ccc(NC(=O)NCc2ccc(CI)cc2)cc1-c1ccnn1C. The van der Waals surface area contributed by atoms with Crippen LogP contribution < -0.4 is 15.4 Å². The van der Waals surface area contributed by atoms with Gasteiger partial charge in [0.05, 0.1) is 12.3 Å². The van der Waals surface area contributed by atoms with Crippen LogP contribution in [0.2, 0.25) is 0 Å². The van der Waals surface area contributed by atoms with E-state index in [1.165, 1.54) is 5.56 Å². The molecule has 0 saturated carbocycles. The monoisotopic (exact) mass is 547 g/mol. The molecule has 0 atom stereocenters. The van der Waals surface area contributed by atoms with E-state index in [9.17, 15) is 4.79 Å². The highest BCUT2D eigenvalue weighted by atomic mass is 127. The van der Waals surface area contributed by atoms with Crippen LogP contribution in [-0.2, 0) is 18.0 Å². The summed E-state index contributed by atoms with van der Waals surface area (Å²) in [6.07, 6.45) is 2.68. The summed E-state index contributed by atoms with van der Waals surface area (Å²) in [4.78, 5) is 14.6. The lowest BCUT2D eigenvalue weighted by Crippen LogP contribution is -2.28. The summed E-state index contributed by atoms with van der Waals surface area (Å²) in [6.45, 7) is 2.04. The van der Waals surface area contributed by atoms with E-state index in [1.54, 1.807) is 10.9 Å². The van der Waals surface area contributed by atoms with E-state index in [1.807, 2.05) is 57.5 Å². The molecule has 3 rings (SSSR count). The second-order valence-electron chi connectivity index (χ2n) is 7.81. The fourth-order valence-corrected chi connectivity index (χ4v) is 3.75. The molecule has 0 bridgehead atoms. The van der Waals surface area contributed by atoms with Crippen LogP contribution in [0.1, 0.15) is 17.5 Å². The number of hydrogen-bond acceptors (Lipinski definition) is 4.